The van der Waals surface area contributed by atoms with E-state index in [9.17, 15) is 4.79 Å². The molecule has 1 amide bonds. The molecule has 1 aliphatic rings. The van der Waals surface area contributed by atoms with Crippen molar-refractivity contribution in [1.82, 2.24) is 15.5 Å². The van der Waals surface area contributed by atoms with Crippen LogP contribution in [0, 0.1) is 0 Å². The molecule has 0 bridgehead atoms. The van der Waals surface area contributed by atoms with E-state index >= 15 is 0 Å². The van der Waals surface area contributed by atoms with Gasteiger partial charge in [0.15, 0.2) is 5.96 Å². The highest BCUT2D eigenvalue weighted by Gasteiger charge is 2.25. The molecule has 1 aromatic rings. The Bertz CT molecular complexity index is 597. The van der Waals surface area contributed by atoms with Gasteiger partial charge >= 0.3 is 0 Å². The van der Waals surface area contributed by atoms with E-state index < -0.39 is 0 Å². The molecule has 0 saturated carbocycles. The fraction of sp³-hybridized carbons (Fsp3) is 0.500. The third-order valence-corrected chi connectivity index (χ3v) is 4.46. The zero-order chi connectivity index (χ0) is 16.8. The first kappa shape index (κ1) is 21.3. The van der Waals surface area contributed by atoms with E-state index in [2.05, 4.69) is 15.6 Å². The van der Waals surface area contributed by atoms with Crippen LogP contribution in [0.5, 0.6) is 0 Å². The summed E-state index contributed by atoms with van der Waals surface area (Å²) in [6.07, 6.45) is 1.48. The number of amides is 1. The smallest absolute Gasteiger partial charge is 0.222 e. The second-order valence-corrected chi connectivity index (χ2v) is 6.33. The van der Waals surface area contributed by atoms with Gasteiger partial charge in [-0.25, -0.2) is 0 Å². The van der Waals surface area contributed by atoms with Crippen LogP contribution in [0.2, 0.25) is 10.0 Å². The minimum absolute atomic E-state index is 0. The number of rotatable bonds is 4. The van der Waals surface area contributed by atoms with E-state index in [-0.39, 0.29) is 35.9 Å². The van der Waals surface area contributed by atoms with Crippen LogP contribution in [-0.4, -0.2) is 42.9 Å². The molecule has 1 fully saturated rings. The van der Waals surface area contributed by atoms with E-state index in [1.165, 1.54) is 0 Å². The van der Waals surface area contributed by atoms with Crippen molar-refractivity contribution in [2.24, 2.45) is 4.99 Å². The molecule has 8 heteroatoms. The molecular formula is C16H23Cl2IN4O. The highest BCUT2D eigenvalue weighted by Crippen LogP contribution is 2.20. The molecule has 1 atom stereocenters. The minimum atomic E-state index is 0. The van der Waals surface area contributed by atoms with Crippen molar-refractivity contribution in [2.75, 3.05) is 20.1 Å². The normalized spacial score (nSPS) is 17.4. The van der Waals surface area contributed by atoms with Gasteiger partial charge in [-0.2, -0.15) is 0 Å². The molecular weight excluding hydrogens is 462 g/mol. The Hall–Kier alpha value is -0.730. The number of likely N-dealkylation sites (tertiary alicyclic amines) is 1. The van der Waals surface area contributed by atoms with Gasteiger partial charge in [0.1, 0.15) is 0 Å². The maximum atomic E-state index is 11.7. The number of hydrogen-bond donors (Lipinski definition) is 2. The fourth-order valence-corrected chi connectivity index (χ4v) is 3.04. The van der Waals surface area contributed by atoms with Gasteiger partial charge in [0.05, 0.1) is 0 Å². The molecule has 2 rings (SSSR count). The lowest BCUT2D eigenvalue weighted by atomic mass is 10.2. The molecule has 24 heavy (non-hydrogen) atoms. The fourth-order valence-electron chi connectivity index (χ4n) is 2.56. The first-order valence-corrected chi connectivity index (χ1v) is 8.48. The van der Waals surface area contributed by atoms with Gasteiger partial charge in [0.2, 0.25) is 5.91 Å². The Morgan fingerprint density at radius 2 is 2.17 bits per heavy atom. The number of hydrogen-bond acceptors (Lipinski definition) is 2. The summed E-state index contributed by atoms with van der Waals surface area (Å²) in [5.74, 6) is 0.900. The number of aliphatic imine (C=N–C) groups is 1. The molecule has 5 nitrogen and oxygen atoms in total. The third kappa shape index (κ3) is 5.97. The van der Waals surface area contributed by atoms with Crippen LogP contribution in [0.3, 0.4) is 0 Å². The van der Waals surface area contributed by atoms with Crippen molar-refractivity contribution >= 4 is 59.0 Å². The molecule has 0 spiro atoms. The number of nitrogens with zero attached hydrogens (tertiary/aromatic N) is 2. The average Bonchev–Trinajstić information content (AvgIpc) is 3.00. The number of carbonyl (C=O) groups excluding carboxylic acids is 1. The molecule has 0 aromatic heterocycles. The Kier molecular flexibility index (Phi) is 9.15. The lowest BCUT2D eigenvalue weighted by Gasteiger charge is -2.19. The number of carbonyl (C=O) groups is 1. The number of guanidine groups is 1. The molecule has 1 saturated heterocycles. The summed E-state index contributed by atoms with van der Waals surface area (Å²) in [4.78, 5) is 17.8. The van der Waals surface area contributed by atoms with Crippen molar-refractivity contribution in [3.8, 4) is 0 Å². The zero-order valence-electron chi connectivity index (χ0n) is 13.8. The molecule has 1 aliphatic heterocycles. The molecule has 1 unspecified atom stereocenters. The van der Waals surface area contributed by atoms with Gasteiger partial charge in [-0.3, -0.25) is 9.79 Å². The standard InChI is InChI=1S/C16H22Cl2N4O.HI/c1-3-15(23)22-7-6-13(10-22)21-16(19-2)20-9-11-4-5-12(17)8-14(11)18;/h4-5,8,13H,3,6-7,9-10H2,1-2H3,(H2,19,20,21);1H. The average molecular weight is 485 g/mol. The summed E-state index contributed by atoms with van der Waals surface area (Å²) < 4.78 is 0. The number of benzene rings is 1. The van der Waals surface area contributed by atoms with Crippen molar-refractivity contribution in [2.45, 2.75) is 32.4 Å². The summed E-state index contributed by atoms with van der Waals surface area (Å²) in [5, 5.41) is 7.83. The first-order valence-electron chi connectivity index (χ1n) is 7.72. The second kappa shape index (κ2) is 10.3. The van der Waals surface area contributed by atoms with Crippen LogP contribution in [0.1, 0.15) is 25.3 Å². The molecule has 0 radical (unpaired) electrons. The van der Waals surface area contributed by atoms with Gasteiger partial charge in [-0.15, -0.1) is 24.0 Å². The van der Waals surface area contributed by atoms with E-state index in [0.29, 0.717) is 29.0 Å². The highest BCUT2D eigenvalue weighted by molar-refractivity contribution is 14.0. The topological polar surface area (TPSA) is 56.7 Å². The Balaban J connectivity index is 0.00000288. The van der Waals surface area contributed by atoms with Crippen molar-refractivity contribution in [3.05, 3.63) is 33.8 Å². The second-order valence-electron chi connectivity index (χ2n) is 5.48. The van der Waals surface area contributed by atoms with Crippen molar-refractivity contribution in [3.63, 3.8) is 0 Å². The van der Waals surface area contributed by atoms with E-state index in [1.807, 2.05) is 24.0 Å². The highest BCUT2D eigenvalue weighted by atomic mass is 127. The zero-order valence-corrected chi connectivity index (χ0v) is 17.7. The van der Waals surface area contributed by atoms with Gasteiger partial charge in [-0.1, -0.05) is 36.2 Å². The van der Waals surface area contributed by atoms with Gasteiger partial charge in [0.25, 0.3) is 0 Å². The molecule has 1 heterocycles. The first-order chi connectivity index (χ1) is 11.0. The SMILES string of the molecule is CCC(=O)N1CCC(NC(=NC)NCc2ccc(Cl)cc2Cl)C1.I. The largest absolute Gasteiger partial charge is 0.352 e. The maximum absolute atomic E-state index is 11.7. The van der Waals surface area contributed by atoms with Crippen LogP contribution in [0.25, 0.3) is 0 Å². The van der Waals surface area contributed by atoms with Crippen LogP contribution in [-0.2, 0) is 11.3 Å². The molecule has 134 valence electrons. The van der Waals surface area contributed by atoms with Crippen LogP contribution < -0.4 is 10.6 Å². The summed E-state index contributed by atoms with van der Waals surface area (Å²) in [6, 6.07) is 5.65. The Labute approximate surface area is 170 Å². The predicted molar refractivity (Wildman–Crippen MR) is 110 cm³/mol. The van der Waals surface area contributed by atoms with E-state index in [1.54, 1.807) is 13.1 Å². The third-order valence-electron chi connectivity index (χ3n) is 3.87. The van der Waals surface area contributed by atoms with Gasteiger partial charge in [-0.05, 0) is 24.1 Å². The van der Waals surface area contributed by atoms with E-state index in [0.717, 1.165) is 25.1 Å². The van der Waals surface area contributed by atoms with Crippen LogP contribution in [0.4, 0.5) is 0 Å². The monoisotopic (exact) mass is 484 g/mol. The Morgan fingerprint density at radius 3 is 2.79 bits per heavy atom. The van der Waals surface area contributed by atoms with Gasteiger partial charge < -0.3 is 15.5 Å². The molecule has 0 aliphatic carbocycles. The number of nitrogens with one attached hydrogen (secondary N) is 2. The van der Waals surface area contributed by atoms with Crippen molar-refractivity contribution < 1.29 is 4.79 Å². The lowest BCUT2D eigenvalue weighted by molar-refractivity contribution is -0.129. The summed E-state index contributed by atoms with van der Waals surface area (Å²) >= 11 is 12.1. The summed E-state index contributed by atoms with van der Waals surface area (Å²) in [5.41, 5.74) is 0.952. The minimum Gasteiger partial charge on any atom is -0.352 e. The Morgan fingerprint density at radius 1 is 1.42 bits per heavy atom. The van der Waals surface area contributed by atoms with Gasteiger partial charge in [0, 0.05) is 49.2 Å². The summed E-state index contributed by atoms with van der Waals surface area (Å²) in [7, 11) is 1.72. The quantitative estimate of drug-likeness (QED) is 0.391. The van der Waals surface area contributed by atoms with E-state index in [4.69, 9.17) is 23.2 Å². The maximum Gasteiger partial charge on any atom is 0.222 e. The number of halogens is 3. The van der Waals surface area contributed by atoms with Crippen LogP contribution >= 0.6 is 47.2 Å². The molecule has 1 aromatic carbocycles. The lowest BCUT2D eigenvalue weighted by Crippen LogP contribution is -2.44. The predicted octanol–water partition coefficient (Wildman–Crippen LogP) is 3.29. The summed E-state index contributed by atoms with van der Waals surface area (Å²) in [6.45, 7) is 3.96. The molecule has 2 N–H and O–H groups in total. The van der Waals surface area contributed by atoms with Crippen molar-refractivity contribution in [1.29, 1.82) is 0 Å². The van der Waals surface area contributed by atoms with Crippen LogP contribution in [0.15, 0.2) is 23.2 Å².